The highest BCUT2D eigenvalue weighted by molar-refractivity contribution is 7.99. The minimum atomic E-state index is -0.0661. The van der Waals surface area contributed by atoms with Crippen LogP contribution in [0.3, 0.4) is 0 Å². The van der Waals surface area contributed by atoms with Crippen molar-refractivity contribution in [3.8, 4) is 0 Å². The summed E-state index contributed by atoms with van der Waals surface area (Å²) in [7, 11) is 0. The number of carbonyl (C=O) groups is 1. The predicted molar refractivity (Wildman–Crippen MR) is 104 cm³/mol. The molecule has 2 heterocycles. The largest absolute Gasteiger partial charge is 0.376 e. The molecule has 2 aromatic rings. The number of ether oxygens (including phenoxy) is 1. The molecule has 1 N–H and O–H groups in total. The van der Waals surface area contributed by atoms with Crippen LogP contribution in [0.15, 0.2) is 34.2 Å². The Kier molecular flexibility index (Phi) is 6.32. The molecule has 0 aliphatic carbocycles. The number of carbonyl (C=O) groups excluding carboxylic acids is 1. The Morgan fingerprint density at radius 1 is 1.46 bits per heavy atom. The van der Waals surface area contributed by atoms with Crippen LogP contribution in [0, 0.1) is 0 Å². The van der Waals surface area contributed by atoms with Gasteiger partial charge in [0.05, 0.1) is 22.8 Å². The van der Waals surface area contributed by atoms with Crippen molar-refractivity contribution in [2.45, 2.75) is 50.4 Å². The van der Waals surface area contributed by atoms with E-state index in [9.17, 15) is 9.59 Å². The average molecular weight is 375 g/mol. The second-order valence-corrected chi connectivity index (χ2v) is 7.51. The number of nitrogens with zero attached hydrogens (tertiary/aromatic N) is 2. The molecule has 2 atom stereocenters. The van der Waals surface area contributed by atoms with Gasteiger partial charge in [-0.05, 0) is 38.3 Å². The van der Waals surface area contributed by atoms with Crippen molar-refractivity contribution in [1.82, 2.24) is 14.9 Å². The van der Waals surface area contributed by atoms with E-state index in [1.165, 1.54) is 11.8 Å². The van der Waals surface area contributed by atoms with E-state index in [4.69, 9.17) is 4.74 Å². The molecule has 1 aromatic heterocycles. The second kappa shape index (κ2) is 8.68. The Balaban J connectivity index is 1.75. The number of thioether (sulfide) groups is 1. The van der Waals surface area contributed by atoms with Crippen molar-refractivity contribution < 1.29 is 9.53 Å². The SMILES string of the molecule is CC[C@H](C)n1c(SCC(=O)NC[C@H]2CCCO2)nc2ccccc2c1=O. The Labute approximate surface area is 157 Å². The first-order valence-electron chi connectivity index (χ1n) is 9.12. The third kappa shape index (κ3) is 4.27. The molecule has 1 aromatic carbocycles. The number of rotatable bonds is 7. The van der Waals surface area contributed by atoms with Crippen molar-refractivity contribution in [1.29, 1.82) is 0 Å². The van der Waals surface area contributed by atoms with Crippen molar-refractivity contribution >= 4 is 28.6 Å². The van der Waals surface area contributed by atoms with Crippen LogP contribution in [0.1, 0.15) is 39.2 Å². The molecule has 0 radical (unpaired) electrons. The molecule has 3 rings (SSSR count). The smallest absolute Gasteiger partial charge is 0.262 e. The summed E-state index contributed by atoms with van der Waals surface area (Å²) in [6, 6.07) is 7.37. The fourth-order valence-corrected chi connectivity index (χ4v) is 3.94. The van der Waals surface area contributed by atoms with E-state index in [-0.39, 0.29) is 29.4 Å². The topological polar surface area (TPSA) is 73.2 Å². The van der Waals surface area contributed by atoms with E-state index in [0.717, 1.165) is 25.9 Å². The molecular formula is C19H25N3O3S. The van der Waals surface area contributed by atoms with Crippen LogP contribution in [0.2, 0.25) is 0 Å². The molecule has 1 fully saturated rings. The van der Waals surface area contributed by atoms with Crippen LogP contribution in [-0.4, -0.2) is 40.5 Å². The molecular weight excluding hydrogens is 350 g/mol. The minimum Gasteiger partial charge on any atom is -0.376 e. The maximum absolute atomic E-state index is 12.9. The molecule has 0 saturated carbocycles. The summed E-state index contributed by atoms with van der Waals surface area (Å²) in [5.74, 6) is 0.164. The number of amides is 1. The Morgan fingerprint density at radius 2 is 2.27 bits per heavy atom. The lowest BCUT2D eigenvalue weighted by atomic mass is 10.2. The Bertz CT molecular complexity index is 830. The molecule has 26 heavy (non-hydrogen) atoms. The summed E-state index contributed by atoms with van der Waals surface area (Å²) < 4.78 is 7.22. The van der Waals surface area contributed by atoms with Gasteiger partial charge in [-0.15, -0.1) is 0 Å². The standard InChI is InChI=1S/C19H25N3O3S/c1-3-13(2)22-18(24)15-8-4-5-9-16(15)21-19(22)26-12-17(23)20-11-14-7-6-10-25-14/h4-5,8-9,13-14H,3,6-7,10-12H2,1-2H3,(H,20,23)/t13-,14+/m0/s1. The molecule has 0 spiro atoms. The maximum atomic E-state index is 12.9. The molecule has 1 saturated heterocycles. The molecule has 7 heteroatoms. The number of aromatic nitrogens is 2. The van der Waals surface area contributed by atoms with Crippen LogP contribution in [0.4, 0.5) is 0 Å². The van der Waals surface area contributed by atoms with Crippen LogP contribution in [-0.2, 0) is 9.53 Å². The quantitative estimate of drug-likeness (QED) is 0.595. The third-order valence-corrected chi connectivity index (χ3v) is 5.64. The van der Waals surface area contributed by atoms with E-state index < -0.39 is 0 Å². The maximum Gasteiger partial charge on any atom is 0.262 e. The zero-order valence-electron chi connectivity index (χ0n) is 15.2. The number of fused-ring (bicyclic) bond motifs is 1. The zero-order chi connectivity index (χ0) is 18.5. The van der Waals surface area contributed by atoms with Gasteiger partial charge in [0.2, 0.25) is 5.91 Å². The lowest BCUT2D eigenvalue weighted by molar-refractivity contribution is -0.119. The summed E-state index contributed by atoms with van der Waals surface area (Å²) in [6.45, 7) is 5.36. The lowest BCUT2D eigenvalue weighted by Crippen LogP contribution is -2.33. The number of hydrogen-bond acceptors (Lipinski definition) is 5. The monoisotopic (exact) mass is 375 g/mol. The zero-order valence-corrected chi connectivity index (χ0v) is 16.1. The van der Waals surface area contributed by atoms with Crippen molar-refractivity contribution in [3.05, 3.63) is 34.6 Å². The Hall–Kier alpha value is -1.86. The highest BCUT2D eigenvalue weighted by atomic mass is 32.2. The Morgan fingerprint density at radius 3 is 3.00 bits per heavy atom. The van der Waals surface area contributed by atoms with Gasteiger partial charge in [-0.2, -0.15) is 0 Å². The first-order chi connectivity index (χ1) is 12.6. The van der Waals surface area contributed by atoms with Crippen LogP contribution < -0.4 is 10.9 Å². The molecule has 0 unspecified atom stereocenters. The van der Waals surface area contributed by atoms with Gasteiger partial charge < -0.3 is 10.1 Å². The number of para-hydroxylation sites is 1. The number of hydrogen-bond donors (Lipinski definition) is 1. The van der Waals surface area contributed by atoms with Gasteiger partial charge >= 0.3 is 0 Å². The first-order valence-corrected chi connectivity index (χ1v) is 10.1. The van der Waals surface area contributed by atoms with E-state index in [1.807, 2.05) is 32.0 Å². The lowest BCUT2D eigenvalue weighted by Gasteiger charge is -2.18. The highest BCUT2D eigenvalue weighted by Crippen LogP contribution is 2.22. The second-order valence-electron chi connectivity index (χ2n) is 6.57. The highest BCUT2D eigenvalue weighted by Gasteiger charge is 2.18. The van der Waals surface area contributed by atoms with E-state index in [2.05, 4.69) is 10.3 Å². The summed E-state index contributed by atoms with van der Waals surface area (Å²) in [6.07, 6.45) is 2.99. The van der Waals surface area contributed by atoms with Crippen LogP contribution in [0.5, 0.6) is 0 Å². The van der Waals surface area contributed by atoms with Crippen molar-refractivity contribution in [3.63, 3.8) is 0 Å². The van der Waals surface area contributed by atoms with E-state index >= 15 is 0 Å². The van der Waals surface area contributed by atoms with Gasteiger partial charge in [-0.3, -0.25) is 14.2 Å². The van der Waals surface area contributed by atoms with Crippen molar-refractivity contribution in [2.24, 2.45) is 0 Å². The summed E-state index contributed by atoms with van der Waals surface area (Å²) in [5, 5.41) is 4.11. The number of benzene rings is 1. The molecule has 140 valence electrons. The van der Waals surface area contributed by atoms with Gasteiger partial charge in [0.1, 0.15) is 0 Å². The van der Waals surface area contributed by atoms with Gasteiger partial charge in [0.25, 0.3) is 5.56 Å². The van der Waals surface area contributed by atoms with Crippen LogP contribution >= 0.6 is 11.8 Å². The summed E-state index contributed by atoms with van der Waals surface area (Å²) in [4.78, 5) is 29.7. The third-order valence-electron chi connectivity index (χ3n) is 4.69. The van der Waals surface area contributed by atoms with Gasteiger partial charge in [-0.1, -0.05) is 30.8 Å². The molecule has 1 amide bonds. The van der Waals surface area contributed by atoms with E-state index in [0.29, 0.717) is 22.6 Å². The first kappa shape index (κ1) is 18.9. The van der Waals surface area contributed by atoms with Gasteiger partial charge in [0, 0.05) is 19.2 Å². The van der Waals surface area contributed by atoms with Crippen LogP contribution in [0.25, 0.3) is 10.9 Å². The molecule has 1 aliphatic rings. The fraction of sp³-hybridized carbons (Fsp3) is 0.526. The number of nitrogens with one attached hydrogen (secondary N) is 1. The van der Waals surface area contributed by atoms with E-state index in [1.54, 1.807) is 10.6 Å². The van der Waals surface area contributed by atoms with Gasteiger partial charge in [0.15, 0.2) is 5.16 Å². The molecule has 0 bridgehead atoms. The normalized spacial score (nSPS) is 18.2. The molecule has 6 nitrogen and oxygen atoms in total. The average Bonchev–Trinajstić information content (AvgIpc) is 3.18. The van der Waals surface area contributed by atoms with Crippen molar-refractivity contribution in [2.75, 3.05) is 18.9 Å². The minimum absolute atomic E-state index is 0.0251. The fourth-order valence-electron chi connectivity index (χ4n) is 3.01. The molecule has 1 aliphatic heterocycles. The summed E-state index contributed by atoms with van der Waals surface area (Å²) in [5.41, 5.74) is 0.617. The summed E-state index contributed by atoms with van der Waals surface area (Å²) >= 11 is 1.31. The predicted octanol–water partition coefficient (Wildman–Crippen LogP) is 2.75. The van der Waals surface area contributed by atoms with Gasteiger partial charge in [-0.25, -0.2) is 4.98 Å².